The van der Waals surface area contributed by atoms with Crippen LogP contribution in [-0.4, -0.2) is 33.2 Å². The minimum absolute atomic E-state index is 0.194. The summed E-state index contributed by atoms with van der Waals surface area (Å²) in [5.74, 6) is 0.940. The van der Waals surface area contributed by atoms with Crippen molar-refractivity contribution in [3.63, 3.8) is 0 Å². The molecular formula is C14H22N4O. The molecule has 0 aliphatic heterocycles. The molecule has 0 spiro atoms. The maximum atomic E-state index is 12.5. The van der Waals surface area contributed by atoms with Crippen LogP contribution in [0.3, 0.4) is 0 Å². The number of hydrogen-bond acceptors (Lipinski definition) is 3. The smallest absolute Gasteiger partial charge is 0.244 e. The van der Waals surface area contributed by atoms with E-state index in [1.165, 1.54) is 12.8 Å². The number of carbonyl (C=O) groups is 1. The van der Waals surface area contributed by atoms with Crippen LogP contribution >= 0.6 is 0 Å². The normalized spacial score (nSPS) is 18.6. The van der Waals surface area contributed by atoms with E-state index in [1.54, 1.807) is 4.68 Å². The Balaban J connectivity index is 1.69. The summed E-state index contributed by atoms with van der Waals surface area (Å²) in [5.41, 5.74) is 8.32. The molecule has 1 aromatic heterocycles. The molecule has 1 heterocycles. The third kappa shape index (κ3) is 2.60. The van der Waals surface area contributed by atoms with E-state index in [1.807, 2.05) is 13.8 Å². The topological polar surface area (TPSA) is 64.2 Å². The Bertz CT molecular complexity index is 500. The fourth-order valence-corrected chi connectivity index (χ4v) is 2.50. The van der Waals surface area contributed by atoms with Gasteiger partial charge in [0.1, 0.15) is 6.54 Å². The monoisotopic (exact) mass is 262 g/mol. The molecule has 0 aromatic carbocycles. The predicted octanol–water partition coefficient (Wildman–Crippen LogP) is 1.48. The summed E-state index contributed by atoms with van der Waals surface area (Å²) >= 11 is 0. The maximum absolute atomic E-state index is 12.5. The van der Waals surface area contributed by atoms with Crippen LogP contribution in [0, 0.1) is 19.8 Å². The zero-order valence-electron chi connectivity index (χ0n) is 11.7. The Morgan fingerprint density at radius 3 is 2.53 bits per heavy atom. The summed E-state index contributed by atoms with van der Waals surface area (Å²) in [6.45, 7) is 5.07. The number of nitrogen functional groups attached to an aromatic ring is 1. The van der Waals surface area contributed by atoms with Crippen molar-refractivity contribution in [3.8, 4) is 0 Å². The van der Waals surface area contributed by atoms with Crippen LogP contribution in [0.5, 0.6) is 0 Å². The lowest BCUT2D eigenvalue weighted by molar-refractivity contribution is -0.132. The second-order valence-corrected chi connectivity index (χ2v) is 5.96. The fourth-order valence-electron chi connectivity index (χ4n) is 2.50. The molecule has 2 N–H and O–H groups in total. The van der Waals surface area contributed by atoms with Gasteiger partial charge in [-0.05, 0) is 45.4 Å². The second-order valence-electron chi connectivity index (χ2n) is 5.96. The Morgan fingerprint density at radius 1 is 1.37 bits per heavy atom. The molecule has 1 aromatic rings. The van der Waals surface area contributed by atoms with E-state index < -0.39 is 0 Å². The third-order valence-electron chi connectivity index (χ3n) is 4.18. The van der Waals surface area contributed by atoms with Gasteiger partial charge in [0.05, 0.1) is 17.1 Å². The van der Waals surface area contributed by atoms with Crippen molar-refractivity contribution in [2.75, 3.05) is 12.3 Å². The molecule has 2 saturated carbocycles. The van der Waals surface area contributed by atoms with Gasteiger partial charge in [-0.15, -0.1) is 0 Å². The van der Waals surface area contributed by atoms with E-state index in [9.17, 15) is 4.79 Å². The molecule has 0 bridgehead atoms. The lowest BCUT2D eigenvalue weighted by Crippen LogP contribution is -2.37. The highest BCUT2D eigenvalue weighted by Gasteiger charge is 2.36. The molecule has 1 amide bonds. The molecule has 5 heteroatoms. The highest BCUT2D eigenvalue weighted by atomic mass is 16.2. The standard InChI is InChI=1S/C14H22N4O/c1-9-14(15)10(2)18(16-9)8-13(19)17(12-5-6-12)7-11-3-4-11/h11-12H,3-8,15H2,1-2H3. The van der Waals surface area contributed by atoms with Crippen molar-refractivity contribution in [1.29, 1.82) is 0 Å². The van der Waals surface area contributed by atoms with Crippen molar-refractivity contribution in [2.45, 2.75) is 52.1 Å². The quantitative estimate of drug-likeness (QED) is 0.874. The summed E-state index contributed by atoms with van der Waals surface area (Å²) in [7, 11) is 0. The number of nitrogens with zero attached hydrogens (tertiary/aromatic N) is 3. The number of anilines is 1. The Morgan fingerprint density at radius 2 is 2.05 bits per heavy atom. The average molecular weight is 262 g/mol. The van der Waals surface area contributed by atoms with Gasteiger partial charge >= 0.3 is 0 Å². The van der Waals surface area contributed by atoms with Gasteiger partial charge in [-0.2, -0.15) is 5.10 Å². The Hall–Kier alpha value is -1.52. The maximum Gasteiger partial charge on any atom is 0.244 e. The van der Waals surface area contributed by atoms with Crippen LogP contribution in [0.1, 0.15) is 37.1 Å². The minimum atomic E-state index is 0.194. The lowest BCUT2D eigenvalue weighted by Gasteiger charge is -2.22. The van der Waals surface area contributed by atoms with Gasteiger partial charge in [0.15, 0.2) is 0 Å². The van der Waals surface area contributed by atoms with Gasteiger partial charge in [-0.25, -0.2) is 0 Å². The van der Waals surface area contributed by atoms with Crippen molar-refractivity contribution >= 4 is 11.6 Å². The lowest BCUT2D eigenvalue weighted by atomic mass is 10.3. The van der Waals surface area contributed by atoms with E-state index in [4.69, 9.17) is 5.73 Å². The van der Waals surface area contributed by atoms with Crippen LogP contribution < -0.4 is 5.73 Å². The highest BCUT2D eigenvalue weighted by Crippen LogP contribution is 2.35. The zero-order chi connectivity index (χ0) is 13.6. The highest BCUT2D eigenvalue weighted by molar-refractivity contribution is 5.77. The summed E-state index contributed by atoms with van der Waals surface area (Å²) in [4.78, 5) is 14.5. The fraction of sp³-hybridized carbons (Fsp3) is 0.714. The van der Waals surface area contributed by atoms with Crippen molar-refractivity contribution in [3.05, 3.63) is 11.4 Å². The van der Waals surface area contributed by atoms with E-state index in [2.05, 4.69) is 10.00 Å². The molecule has 2 aliphatic carbocycles. The molecule has 0 saturated heterocycles. The average Bonchev–Trinajstić information content (AvgIpc) is 3.25. The van der Waals surface area contributed by atoms with Crippen molar-refractivity contribution in [2.24, 2.45) is 5.92 Å². The van der Waals surface area contributed by atoms with E-state index in [-0.39, 0.29) is 5.91 Å². The first kappa shape index (κ1) is 12.5. The SMILES string of the molecule is Cc1nn(CC(=O)N(CC2CC2)C2CC2)c(C)c1N. The second kappa shape index (κ2) is 4.54. The van der Waals surface area contributed by atoms with Crippen LogP contribution in [0.4, 0.5) is 5.69 Å². The first-order chi connectivity index (χ1) is 9.06. The van der Waals surface area contributed by atoms with E-state index in [0.29, 0.717) is 18.3 Å². The van der Waals surface area contributed by atoms with Crippen molar-refractivity contribution < 1.29 is 4.79 Å². The van der Waals surface area contributed by atoms with Gasteiger partial charge in [0, 0.05) is 12.6 Å². The molecule has 2 fully saturated rings. The minimum Gasteiger partial charge on any atom is -0.396 e. The largest absolute Gasteiger partial charge is 0.396 e. The number of amides is 1. The molecule has 0 radical (unpaired) electrons. The van der Waals surface area contributed by atoms with Crippen LogP contribution in [0.15, 0.2) is 0 Å². The van der Waals surface area contributed by atoms with E-state index in [0.717, 1.165) is 36.7 Å². The number of aryl methyl sites for hydroxylation is 1. The third-order valence-corrected chi connectivity index (χ3v) is 4.18. The number of aromatic nitrogens is 2. The summed E-state index contributed by atoms with van der Waals surface area (Å²) < 4.78 is 1.75. The first-order valence-electron chi connectivity index (χ1n) is 7.15. The summed E-state index contributed by atoms with van der Waals surface area (Å²) in [5, 5.41) is 4.35. The molecule has 0 atom stereocenters. The zero-order valence-corrected chi connectivity index (χ0v) is 11.7. The van der Waals surface area contributed by atoms with Crippen LogP contribution in [-0.2, 0) is 11.3 Å². The van der Waals surface area contributed by atoms with Crippen LogP contribution in [0.25, 0.3) is 0 Å². The Labute approximate surface area is 113 Å². The number of rotatable bonds is 5. The van der Waals surface area contributed by atoms with Gasteiger partial charge in [0.25, 0.3) is 0 Å². The number of hydrogen-bond donors (Lipinski definition) is 1. The van der Waals surface area contributed by atoms with E-state index >= 15 is 0 Å². The van der Waals surface area contributed by atoms with Crippen LogP contribution in [0.2, 0.25) is 0 Å². The molecule has 104 valence electrons. The number of nitrogens with two attached hydrogens (primary N) is 1. The molecule has 0 unspecified atom stereocenters. The summed E-state index contributed by atoms with van der Waals surface area (Å²) in [6.07, 6.45) is 4.89. The Kier molecular flexibility index (Phi) is 2.99. The van der Waals surface area contributed by atoms with Gasteiger partial charge in [-0.1, -0.05) is 0 Å². The molecule has 2 aliphatic rings. The number of carbonyl (C=O) groups excluding carboxylic acids is 1. The van der Waals surface area contributed by atoms with Gasteiger partial charge in [0.2, 0.25) is 5.91 Å². The molecule has 3 rings (SSSR count). The van der Waals surface area contributed by atoms with Crippen molar-refractivity contribution in [1.82, 2.24) is 14.7 Å². The summed E-state index contributed by atoms with van der Waals surface area (Å²) in [6, 6.07) is 0.488. The molecule has 19 heavy (non-hydrogen) atoms. The molecular weight excluding hydrogens is 240 g/mol. The van der Waals surface area contributed by atoms with Gasteiger partial charge < -0.3 is 10.6 Å². The van der Waals surface area contributed by atoms with Gasteiger partial charge in [-0.3, -0.25) is 9.48 Å². The predicted molar refractivity (Wildman–Crippen MR) is 73.6 cm³/mol. The molecule has 5 nitrogen and oxygen atoms in total. The first-order valence-corrected chi connectivity index (χ1v) is 7.15.